The van der Waals surface area contributed by atoms with Crippen LogP contribution in [0.25, 0.3) is 0 Å². The third kappa shape index (κ3) is 2.58. The van der Waals surface area contributed by atoms with Crippen molar-refractivity contribution in [3.8, 4) is 0 Å². The minimum absolute atomic E-state index is 0.452. The van der Waals surface area contributed by atoms with Gasteiger partial charge in [0.1, 0.15) is 0 Å². The second-order valence-corrected chi connectivity index (χ2v) is 4.96. The molecule has 0 atom stereocenters. The molecule has 0 aromatic heterocycles. The molecule has 0 aliphatic carbocycles. The summed E-state index contributed by atoms with van der Waals surface area (Å²) >= 11 is 0.452. The molecule has 1 heterocycles. The molecule has 0 unspecified atom stereocenters. The molecule has 0 amide bonds. The third-order valence-corrected chi connectivity index (χ3v) is 3.71. The van der Waals surface area contributed by atoms with Crippen molar-refractivity contribution in [3.63, 3.8) is 0 Å². The maximum atomic E-state index is 5.46. The van der Waals surface area contributed by atoms with E-state index in [2.05, 4.69) is 4.99 Å². The molecule has 1 aliphatic heterocycles. The number of hydrogen-bond acceptors (Lipinski definition) is 2. The summed E-state index contributed by atoms with van der Waals surface area (Å²) in [6.45, 7) is 0.841. The molecule has 1 fully saturated rings. The first kappa shape index (κ1) is 8.79. The first-order valence-corrected chi connectivity index (χ1v) is 6.41. The van der Waals surface area contributed by atoms with Crippen LogP contribution >= 0.6 is 0 Å². The quantitative estimate of drug-likeness (QED) is 0.690. The molecule has 2 rings (SSSR count). The molecule has 0 N–H and O–H groups in total. The van der Waals surface area contributed by atoms with Crippen LogP contribution in [-0.2, 0) is 4.74 Å². The fourth-order valence-corrected chi connectivity index (χ4v) is 2.71. The SMILES string of the molecule is c1ccc(N=C2OCCC[Se]2)cc1. The van der Waals surface area contributed by atoms with Crippen LogP contribution in [0, 0.1) is 0 Å². The zero-order chi connectivity index (χ0) is 8.93. The summed E-state index contributed by atoms with van der Waals surface area (Å²) in [5, 5.41) is 1.26. The van der Waals surface area contributed by atoms with Crippen molar-refractivity contribution >= 4 is 25.4 Å². The average Bonchev–Trinajstić information content (AvgIpc) is 2.21. The second-order valence-electron chi connectivity index (χ2n) is 2.76. The van der Waals surface area contributed by atoms with Gasteiger partial charge >= 0.3 is 83.8 Å². The van der Waals surface area contributed by atoms with Crippen LogP contribution in [0.1, 0.15) is 6.42 Å². The van der Waals surface area contributed by atoms with Gasteiger partial charge in [-0.1, -0.05) is 0 Å². The molecule has 68 valence electrons. The molecule has 1 aromatic carbocycles. The van der Waals surface area contributed by atoms with Gasteiger partial charge in [-0.25, -0.2) is 0 Å². The Labute approximate surface area is 84.2 Å². The van der Waals surface area contributed by atoms with Gasteiger partial charge in [0.2, 0.25) is 0 Å². The monoisotopic (exact) mass is 241 g/mol. The summed E-state index contributed by atoms with van der Waals surface area (Å²) in [7, 11) is 0. The Balaban J connectivity index is 2.10. The summed E-state index contributed by atoms with van der Waals surface area (Å²) < 4.78 is 5.46. The predicted molar refractivity (Wildman–Crippen MR) is 54.7 cm³/mol. The van der Waals surface area contributed by atoms with E-state index < -0.39 is 0 Å². The van der Waals surface area contributed by atoms with Crippen LogP contribution in [-0.4, -0.2) is 26.4 Å². The Morgan fingerprint density at radius 1 is 1.23 bits per heavy atom. The van der Waals surface area contributed by atoms with Crippen molar-refractivity contribution in [2.45, 2.75) is 11.7 Å². The molecule has 2 nitrogen and oxygen atoms in total. The van der Waals surface area contributed by atoms with E-state index in [0.717, 1.165) is 17.1 Å². The first-order valence-electron chi connectivity index (χ1n) is 4.34. The Hall–Kier alpha value is -0.791. The zero-order valence-electron chi connectivity index (χ0n) is 7.27. The molecule has 0 radical (unpaired) electrons. The van der Waals surface area contributed by atoms with E-state index in [1.807, 2.05) is 30.3 Å². The number of benzene rings is 1. The molecule has 3 heteroatoms. The van der Waals surface area contributed by atoms with Crippen molar-refractivity contribution in [3.05, 3.63) is 30.3 Å². The Bertz CT molecular complexity index is 289. The molecule has 0 spiro atoms. The van der Waals surface area contributed by atoms with E-state index in [4.69, 9.17) is 4.74 Å². The molecular formula is C10H11NOSe. The number of para-hydroxylation sites is 1. The molecule has 1 saturated heterocycles. The first-order chi connectivity index (χ1) is 6.45. The van der Waals surface area contributed by atoms with Crippen LogP contribution in [0.4, 0.5) is 5.69 Å². The predicted octanol–water partition coefficient (Wildman–Crippen LogP) is 2.22. The summed E-state index contributed by atoms with van der Waals surface area (Å²) in [5.41, 5.74) is 1.00. The number of rotatable bonds is 1. The molecule has 1 aromatic rings. The minimum atomic E-state index is 0.452. The molecular weight excluding hydrogens is 229 g/mol. The van der Waals surface area contributed by atoms with Gasteiger partial charge in [0, 0.05) is 0 Å². The third-order valence-electron chi connectivity index (χ3n) is 1.72. The maximum absolute atomic E-state index is 5.46. The number of hydrogen-bond donors (Lipinski definition) is 0. The van der Waals surface area contributed by atoms with E-state index in [9.17, 15) is 0 Å². The molecule has 13 heavy (non-hydrogen) atoms. The summed E-state index contributed by atoms with van der Waals surface area (Å²) in [6, 6.07) is 9.99. The van der Waals surface area contributed by atoms with Crippen LogP contribution < -0.4 is 0 Å². The van der Waals surface area contributed by atoms with Gasteiger partial charge in [-0.05, 0) is 0 Å². The van der Waals surface area contributed by atoms with Gasteiger partial charge in [0.15, 0.2) is 0 Å². The summed E-state index contributed by atoms with van der Waals surface area (Å²) in [5.74, 6) is 0. The number of ether oxygens (including phenoxy) is 1. The van der Waals surface area contributed by atoms with E-state index >= 15 is 0 Å². The molecule has 1 aliphatic rings. The van der Waals surface area contributed by atoms with Crippen molar-refractivity contribution in [2.24, 2.45) is 4.99 Å². The van der Waals surface area contributed by atoms with Gasteiger partial charge in [-0.2, -0.15) is 0 Å². The van der Waals surface area contributed by atoms with Crippen molar-refractivity contribution in [2.75, 3.05) is 6.61 Å². The Morgan fingerprint density at radius 3 is 2.77 bits per heavy atom. The van der Waals surface area contributed by atoms with Crippen LogP contribution in [0.3, 0.4) is 0 Å². The Morgan fingerprint density at radius 2 is 2.08 bits per heavy atom. The van der Waals surface area contributed by atoms with Gasteiger partial charge in [-0.3, -0.25) is 0 Å². The van der Waals surface area contributed by atoms with Crippen LogP contribution in [0.5, 0.6) is 0 Å². The Kier molecular flexibility index (Phi) is 3.01. The second kappa shape index (κ2) is 4.45. The normalized spacial score (nSPS) is 19.8. The molecule has 0 bridgehead atoms. The van der Waals surface area contributed by atoms with E-state index in [0.29, 0.717) is 15.0 Å². The summed E-state index contributed by atoms with van der Waals surface area (Å²) in [6.07, 6.45) is 1.19. The van der Waals surface area contributed by atoms with Crippen molar-refractivity contribution < 1.29 is 4.74 Å². The van der Waals surface area contributed by atoms with Gasteiger partial charge in [-0.15, -0.1) is 0 Å². The van der Waals surface area contributed by atoms with Crippen LogP contribution in [0.15, 0.2) is 35.3 Å². The number of aliphatic imine (C=N–C) groups is 1. The summed E-state index contributed by atoms with van der Waals surface area (Å²) in [4.78, 5) is 5.39. The standard InChI is InChI=1S/C10H11NOSe/c1-2-5-9(6-3-1)11-10-12-7-4-8-13-10/h1-3,5-6H,4,7-8H2. The van der Waals surface area contributed by atoms with Crippen LogP contribution in [0.2, 0.25) is 5.32 Å². The zero-order valence-corrected chi connectivity index (χ0v) is 8.98. The van der Waals surface area contributed by atoms with Gasteiger partial charge in [0.05, 0.1) is 0 Å². The van der Waals surface area contributed by atoms with E-state index in [1.54, 1.807) is 0 Å². The topological polar surface area (TPSA) is 21.6 Å². The fourth-order valence-electron chi connectivity index (χ4n) is 1.09. The van der Waals surface area contributed by atoms with Gasteiger partial charge < -0.3 is 0 Å². The molecule has 0 saturated carbocycles. The fraction of sp³-hybridized carbons (Fsp3) is 0.300. The van der Waals surface area contributed by atoms with E-state index in [-0.39, 0.29) is 0 Å². The number of nitrogens with zero attached hydrogens (tertiary/aromatic N) is 1. The average molecular weight is 240 g/mol. The van der Waals surface area contributed by atoms with E-state index in [1.165, 1.54) is 11.7 Å². The van der Waals surface area contributed by atoms with Crippen molar-refractivity contribution in [1.82, 2.24) is 0 Å². The van der Waals surface area contributed by atoms with Crippen molar-refractivity contribution in [1.29, 1.82) is 0 Å². The van der Waals surface area contributed by atoms with Gasteiger partial charge in [0.25, 0.3) is 0 Å².